The van der Waals surface area contributed by atoms with Crippen LogP contribution in [0.4, 0.5) is 5.69 Å². The van der Waals surface area contributed by atoms with Gasteiger partial charge in [-0.05, 0) is 35.0 Å². The summed E-state index contributed by atoms with van der Waals surface area (Å²) in [5.41, 5.74) is 1.10. The molecule has 0 spiro atoms. The topological polar surface area (TPSA) is 63.2 Å². The van der Waals surface area contributed by atoms with E-state index in [-0.39, 0.29) is 27.9 Å². The number of benzene rings is 2. The number of carbonyl (C=O) groups excluding carboxylic acids is 1. The molecule has 97 valence electrons. The number of hydrogen-bond donors (Lipinski definition) is 1. The van der Waals surface area contributed by atoms with Gasteiger partial charge >= 0.3 is 17.1 Å². The predicted octanol–water partition coefficient (Wildman–Crippen LogP) is 2.60. The van der Waals surface area contributed by atoms with Crippen molar-refractivity contribution in [2.45, 2.75) is 4.90 Å². The first-order valence-electron chi connectivity index (χ1n) is 5.22. The molecule has 0 saturated heterocycles. The zero-order valence-corrected chi connectivity index (χ0v) is 11.6. The van der Waals surface area contributed by atoms with Crippen LogP contribution in [0.1, 0.15) is 10.4 Å². The van der Waals surface area contributed by atoms with Crippen LogP contribution in [0.25, 0.3) is 0 Å². The molecule has 0 unspecified atom stereocenters. The van der Waals surface area contributed by atoms with E-state index >= 15 is 0 Å². The summed E-state index contributed by atoms with van der Waals surface area (Å²) in [4.78, 5) is 12.0. The van der Waals surface area contributed by atoms with Gasteiger partial charge < -0.3 is 13.7 Å². The minimum absolute atomic E-state index is 0. The van der Waals surface area contributed by atoms with Crippen LogP contribution in [0, 0.1) is 0 Å². The van der Waals surface area contributed by atoms with Gasteiger partial charge in [0, 0.05) is 11.3 Å². The molecule has 0 heterocycles. The molecule has 0 aliphatic carbocycles. The van der Waals surface area contributed by atoms with E-state index in [1.165, 1.54) is 12.1 Å². The summed E-state index contributed by atoms with van der Waals surface area (Å²) in [6, 6.07) is 14.8. The van der Waals surface area contributed by atoms with Crippen molar-refractivity contribution in [2.75, 3.05) is 5.32 Å². The van der Waals surface area contributed by atoms with E-state index in [1.807, 2.05) is 6.07 Å². The van der Waals surface area contributed by atoms with Crippen molar-refractivity contribution in [2.24, 2.45) is 0 Å². The van der Waals surface area contributed by atoms with E-state index in [9.17, 15) is 13.2 Å². The van der Waals surface area contributed by atoms with Crippen molar-refractivity contribution in [3.63, 3.8) is 0 Å². The van der Waals surface area contributed by atoms with Crippen molar-refractivity contribution in [1.82, 2.24) is 0 Å². The monoisotopic (exact) mass is 316 g/mol. The second-order valence-corrected chi connectivity index (χ2v) is 4.52. The minimum Gasteiger partial charge on any atom is -0.420 e. The fourth-order valence-electron chi connectivity index (χ4n) is 1.44. The standard InChI is InChI=1S/C13H10NO3S.Fe/c15-13(10-4-2-1-3-5-10)14-11-6-8-12(9-7-11)18(16)17;/h1-9H,(H,14,15);/q-1;+3. The predicted molar refractivity (Wildman–Crippen MR) is 67.8 cm³/mol. The quantitative estimate of drug-likeness (QED) is 0.699. The van der Waals surface area contributed by atoms with Gasteiger partial charge in [0.25, 0.3) is 5.91 Å². The molecule has 1 N–H and O–H groups in total. The number of carbonyl (C=O) groups is 1. The molecular formula is C13H10FeNO3S+2. The SMILES string of the molecule is O=C(Nc1ccc([S-](=O)=O)cc1)c1ccccc1.[Fe+3]. The van der Waals surface area contributed by atoms with E-state index in [2.05, 4.69) is 5.32 Å². The van der Waals surface area contributed by atoms with Gasteiger partial charge in [0.1, 0.15) is 0 Å². The fourth-order valence-corrected chi connectivity index (χ4v) is 1.80. The summed E-state index contributed by atoms with van der Waals surface area (Å²) in [6.07, 6.45) is 0. The van der Waals surface area contributed by atoms with Gasteiger partial charge in [-0.3, -0.25) is 4.79 Å². The third-order valence-corrected chi connectivity index (χ3v) is 3.00. The summed E-state index contributed by atoms with van der Waals surface area (Å²) >= 11 is 0. The van der Waals surface area contributed by atoms with Crippen LogP contribution in [0.2, 0.25) is 0 Å². The summed E-state index contributed by atoms with van der Waals surface area (Å²) in [6.45, 7) is 0. The van der Waals surface area contributed by atoms with Crippen LogP contribution >= 0.6 is 0 Å². The molecule has 0 aliphatic rings. The molecule has 4 nitrogen and oxygen atoms in total. The van der Waals surface area contributed by atoms with Gasteiger partial charge in [-0.15, -0.1) is 0 Å². The molecule has 2 aromatic rings. The van der Waals surface area contributed by atoms with Crippen LogP contribution in [-0.4, -0.2) is 5.91 Å². The van der Waals surface area contributed by atoms with Gasteiger partial charge in [0.05, 0.1) is 0 Å². The molecule has 1 amide bonds. The zero-order valence-electron chi connectivity index (χ0n) is 9.68. The van der Waals surface area contributed by atoms with Crippen molar-refractivity contribution >= 4 is 22.3 Å². The average Bonchev–Trinajstić information content (AvgIpc) is 2.40. The van der Waals surface area contributed by atoms with Crippen LogP contribution in [0.5, 0.6) is 0 Å². The molecule has 0 saturated carbocycles. The first-order chi connectivity index (χ1) is 8.66. The Kier molecular flexibility index (Phi) is 5.76. The average molecular weight is 316 g/mol. The first kappa shape index (κ1) is 15.4. The van der Waals surface area contributed by atoms with Gasteiger partial charge in [-0.1, -0.05) is 35.2 Å². The van der Waals surface area contributed by atoms with E-state index < -0.39 is 10.7 Å². The number of anilines is 1. The maximum atomic E-state index is 11.8. The third kappa shape index (κ3) is 4.21. The number of nitrogens with one attached hydrogen (secondary N) is 1. The third-order valence-electron chi connectivity index (χ3n) is 2.34. The minimum atomic E-state index is -2.25. The van der Waals surface area contributed by atoms with Crippen molar-refractivity contribution < 1.29 is 30.3 Å². The summed E-state index contributed by atoms with van der Waals surface area (Å²) in [7, 11) is -2.25. The smallest absolute Gasteiger partial charge is 0.420 e. The number of rotatable bonds is 3. The van der Waals surface area contributed by atoms with Crippen molar-refractivity contribution in [1.29, 1.82) is 0 Å². The summed E-state index contributed by atoms with van der Waals surface area (Å²) in [5.74, 6) is -0.230. The molecule has 0 bridgehead atoms. The Hall–Kier alpha value is -1.62. The van der Waals surface area contributed by atoms with E-state index in [4.69, 9.17) is 0 Å². The first-order valence-corrected chi connectivity index (χ1v) is 6.30. The maximum Gasteiger partial charge on any atom is 3.00 e. The van der Waals surface area contributed by atoms with Gasteiger partial charge in [-0.2, -0.15) is 0 Å². The molecule has 1 radical (unpaired) electrons. The molecular weight excluding hydrogens is 306 g/mol. The van der Waals surface area contributed by atoms with Gasteiger partial charge in [-0.25, -0.2) is 0 Å². The largest absolute Gasteiger partial charge is 3.00 e. The molecule has 19 heavy (non-hydrogen) atoms. The second-order valence-electron chi connectivity index (χ2n) is 3.58. The van der Waals surface area contributed by atoms with Crippen molar-refractivity contribution in [3.05, 3.63) is 60.2 Å². The molecule has 0 atom stereocenters. The van der Waals surface area contributed by atoms with Gasteiger partial charge in [0.15, 0.2) is 0 Å². The number of amides is 1. The van der Waals surface area contributed by atoms with Gasteiger partial charge in [0.2, 0.25) is 0 Å². The Morgan fingerprint density at radius 3 is 2.00 bits per heavy atom. The Labute approximate surface area is 123 Å². The Morgan fingerprint density at radius 2 is 1.47 bits per heavy atom. The summed E-state index contributed by atoms with van der Waals surface area (Å²) in [5, 5.41) is 2.68. The molecule has 0 aromatic heterocycles. The maximum absolute atomic E-state index is 11.8. The molecule has 6 heteroatoms. The normalized spacial score (nSPS) is 9.74. The summed E-state index contributed by atoms with van der Waals surface area (Å²) < 4.78 is 21.3. The van der Waals surface area contributed by atoms with E-state index in [0.717, 1.165) is 0 Å². The Bertz CT molecular complexity index is 616. The van der Waals surface area contributed by atoms with Crippen LogP contribution in [0.15, 0.2) is 59.5 Å². The van der Waals surface area contributed by atoms with E-state index in [1.54, 1.807) is 36.4 Å². The Morgan fingerprint density at radius 1 is 0.895 bits per heavy atom. The molecule has 0 aliphatic heterocycles. The molecule has 0 fully saturated rings. The second kappa shape index (κ2) is 7.09. The van der Waals surface area contributed by atoms with E-state index in [0.29, 0.717) is 11.3 Å². The van der Waals surface area contributed by atoms with Crippen molar-refractivity contribution in [3.8, 4) is 0 Å². The van der Waals surface area contributed by atoms with Crippen LogP contribution in [0.3, 0.4) is 0 Å². The Balaban J connectivity index is 0.00000180. The van der Waals surface area contributed by atoms with Crippen LogP contribution in [-0.2, 0) is 36.2 Å². The molecule has 2 aromatic carbocycles. The fraction of sp³-hybridized carbons (Fsp3) is 0. The number of hydrogen-bond acceptors (Lipinski definition) is 4. The zero-order chi connectivity index (χ0) is 13.0. The molecule has 2 rings (SSSR count). The van der Waals surface area contributed by atoms with Crippen LogP contribution < -0.4 is 5.32 Å².